The van der Waals surface area contributed by atoms with Crippen molar-refractivity contribution < 1.29 is 4.74 Å². The lowest BCUT2D eigenvalue weighted by Gasteiger charge is -2.29. The van der Waals surface area contributed by atoms with E-state index in [1.165, 1.54) is 0 Å². The molecule has 0 aliphatic heterocycles. The summed E-state index contributed by atoms with van der Waals surface area (Å²) >= 11 is 0. The zero-order chi connectivity index (χ0) is 12.9. The molecular formula is C13H19N3O. The van der Waals surface area contributed by atoms with Gasteiger partial charge in [0.05, 0.1) is 17.7 Å². The highest BCUT2D eigenvalue weighted by molar-refractivity contribution is 5.42. The van der Waals surface area contributed by atoms with Gasteiger partial charge in [0.25, 0.3) is 0 Å². The molecule has 17 heavy (non-hydrogen) atoms. The fourth-order valence-corrected chi connectivity index (χ4v) is 1.54. The lowest BCUT2D eigenvalue weighted by Crippen LogP contribution is -2.35. The summed E-state index contributed by atoms with van der Waals surface area (Å²) in [5, 5.41) is 12.0. The summed E-state index contributed by atoms with van der Waals surface area (Å²) in [5.74, 6) is 0.704. The minimum Gasteiger partial charge on any atom is -0.379 e. The smallest absolute Gasteiger partial charge is 0.127 e. The summed E-state index contributed by atoms with van der Waals surface area (Å²) in [4.78, 5) is 4.16. The SMILES string of the molecule is CO[C@@H](CNc1cc(C#N)ccn1)C(C)(C)C. The normalized spacial score (nSPS) is 12.9. The second-order valence-corrected chi connectivity index (χ2v) is 5.01. The van der Waals surface area contributed by atoms with Crippen LogP contribution in [-0.2, 0) is 4.74 Å². The highest BCUT2D eigenvalue weighted by Gasteiger charge is 2.23. The van der Waals surface area contributed by atoms with Gasteiger partial charge in [-0.3, -0.25) is 0 Å². The molecule has 0 aromatic carbocycles. The van der Waals surface area contributed by atoms with E-state index in [1.807, 2.05) is 0 Å². The van der Waals surface area contributed by atoms with Gasteiger partial charge in [-0.2, -0.15) is 5.26 Å². The standard InChI is InChI=1S/C13H19N3O/c1-13(2,3)11(17-4)9-16-12-7-10(8-14)5-6-15-12/h5-7,11H,9H2,1-4H3,(H,15,16)/t11-/m0/s1. The molecule has 0 aliphatic rings. The first-order valence-electron chi connectivity index (χ1n) is 5.60. The van der Waals surface area contributed by atoms with Gasteiger partial charge in [-0.25, -0.2) is 4.98 Å². The average molecular weight is 233 g/mol. The Balaban J connectivity index is 2.63. The molecule has 4 nitrogen and oxygen atoms in total. The van der Waals surface area contributed by atoms with Gasteiger partial charge in [-0.15, -0.1) is 0 Å². The van der Waals surface area contributed by atoms with E-state index < -0.39 is 0 Å². The highest BCUT2D eigenvalue weighted by Crippen LogP contribution is 2.22. The third kappa shape index (κ3) is 4.04. The highest BCUT2D eigenvalue weighted by atomic mass is 16.5. The van der Waals surface area contributed by atoms with Crippen molar-refractivity contribution >= 4 is 5.82 Å². The van der Waals surface area contributed by atoms with Gasteiger partial charge in [0.2, 0.25) is 0 Å². The van der Waals surface area contributed by atoms with E-state index in [9.17, 15) is 0 Å². The van der Waals surface area contributed by atoms with Crippen molar-refractivity contribution in [2.75, 3.05) is 19.0 Å². The predicted octanol–water partition coefficient (Wildman–Crippen LogP) is 2.43. The Kier molecular flexibility index (Phi) is 4.47. The number of hydrogen-bond acceptors (Lipinski definition) is 4. The van der Waals surface area contributed by atoms with E-state index in [0.29, 0.717) is 17.9 Å². The molecule has 92 valence electrons. The lowest BCUT2D eigenvalue weighted by atomic mass is 9.89. The van der Waals surface area contributed by atoms with Crippen LogP contribution in [0.3, 0.4) is 0 Å². The molecule has 4 heteroatoms. The quantitative estimate of drug-likeness (QED) is 0.867. The Morgan fingerprint density at radius 2 is 2.24 bits per heavy atom. The fraction of sp³-hybridized carbons (Fsp3) is 0.538. The monoisotopic (exact) mass is 233 g/mol. The van der Waals surface area contributed by atoms with E-state index >= 15 is 0 Å². The largest absolute Gasteiger partial charge is 0.379 e. The molecule has 0 amide bonds. The van der Waals surface area contributed by atoms with Gasteiger partial charge in [-0.1, -0.05) is 20.8 Å². The maximum absolute atomic E-state index is 8.78. The van der Waals surface area contributed by atoms with Gasteiger partial charge in [0.1, 0.15) is 5.82 Å². The summed E-state index contributed by atoms with van der Waals surface area (Å²) in [6.45, 7) is 7.05. The zero-order valence-electron chi connectivity index (χ0n) is 10.8. The van der Waals surface area contributed by atoms with E-state index in [-0.39, 0.29) is 11.5 Å². The van der Waals surface area contributed by atoms with E-state index in [2.05, 4.69) is 37.1 Å². The van der Waals surface area contributed by atoms with Crippen LogP contribution in [0.2, 0.25) is 0 Å². The van der Waals surface area contributed by atoms with E-state index in [4.69, 9.17) is 10.00 Å². The van der Waals surface area contributed by atoms with Crippen molar-refractivity contribution in [1.29, 1.82) is 5.26 Å². The van der Waals surface area contributed by atoms with Gasteiger partial charge >= 0.3 is 0 Å². The molecule has 1 atom stereocenters. The first kappa shape index (κ1) is 13.5. The van der Waals surface area contributed by atoms with E-state index in [0.717, 1.165) is 0 Å². The van der Waals surface area contributed by atoms with Crippen molar-refractivity contribution in [2.45, 2.75) is 26.9 Å². The van der Waals surface area contributed by atoms with Crippen LogP contribution in [0.25, 0.3) is 0 Å². The van der Waals surface area contributed by atoms with Crippen molar-refractivity contribution in [3.63, 3.8) is 0 Å². The zero-order valence-corrected chi connectivity index (χ0v) is 10.8. The molecule has 0 radical (unpaired) electrons. The van der Waals surface area contributed by atoms with Crippen LogP contribution in [0.5, 0.6) is 0 Å². The molecular weight excluding hydrogens is 214 g/mol. The van der Waals surface area contributed by atoms with Gasteiger partial charge < -0.3 is 10.1 Å². The Labute approximate surface area is 103 Å². The van der Waals surface area contributed by atoms with Crippen molar-refractivity contribution in [2.24, 2.45) is 5.41 Å². The maximum atomic E-state index is 8.78. The average Bonchev–Trinajstić information content (AvgIpc) is 2.28. The second kappa shape index (κ2) is 5.65. The lowest BCUT2D eigenvalue weighted by molar-refractivity contribution is 0.0268. The molecule has 0 fully saturated rings. The van der Waals surface area contributed by atoms with Crippen molar-refractivity contribution in [3.05, 3.63) is 23.9 Å². The Hall–Kier alpha value is -1.60. The third-order valence-corrected chi connectivity index (χ3v) is 2.61. The molecule has 1 aromatic rings. The summed E-state index contributed by atoms with van der Waals surface area (Å²) in [6.07, 6.45) is 1.72. The summed E-state index contributed by atoms with van der Waals surface area (Å²) in [7, 11) is 1.71. The second-order valence-electron chi connectivity index (χ2n) is 5.01. The van der Waals surface area contributed by atoms with Crippen LogP contribution in [0.4, 0.5) is 5.82 Å². The number of ether oxygens (including phenoxy) is 1. The molecule has 0 bridgehead atoms. The van der Waals surface area contributed by atoms with Crippen LogP contribution in [0.15, 0.2) is 18.3 Å². The van der Waals surface area contributed by atoms with E-state index in [1.54, 1.807) is 25.4 Å². The molecule has 1 heterocycles. The van der Waals surface area contributed by atoms with Crippen LogP contribution in [0, 0.1) is 16.7 Å². The molecule has 0 spiro atoms. The first-order chi connectivity index (χ1) is 7.97. The number of nitrogens with one attached hydrogen (secondary N) is 1. The van der Waals surface area contributed by atoms with Crippen molar-refractivity contribution in [3.8, 4) is 6.07 Å². The molecule has 0 aliphatic carbocycles. The summed E-state index contributed by atoms with van der Waals surface area (Å²) in [5.41, 5.74) is 0.668. The number of nitrogens with zero attached hydrogens (tertiary/aromatic N) is 2. The number of methoxy groups -OCH3 is 1. The number of aromatic nitrogens is 1. The number of pyridine rings is 1. The Bertz CT molecular complexity index is 404. The Morgan fingerprint density at radius 3 is 2.76 bits per heavy atom. The maximum Gasteiger partial charge on any atom is 0.127 e. The molecule has 0 saturated heterocycles. The molecule has 1 N–H and O–H groups in total. The molecule has 1 aromatic heterocycles. The van der Waals surface area contributed by atoms with Gasteiger partial charge in [0.15, 0.2) is 0 Å². The summed E-state index contributed by atoms with van der Waals surface area (Å²) < 4.78 is 5.44. The van der Waals surface area contributed by atoms with Crippen LogP contribution in [0.1, 0.15) is 26.3 Å². The molecule has 0 unspecified atom stereocenters. The number of hydrogen-bond donors (Lipinski definition) is 1. The van der Waals surface area contributed by atoms with Crippen LogP contribution in [-0.4, -0.2) is 24.7 Å². The minimum absolute atomic E-state index is 0.0641. The van der Waals surface area contributed by atoms with Crippen LogP contribution < -0.4 is 5.32 Å². The summed E-state index contributed by atoms with van der Waals surface area (Å²) in [6, 6.07) is 5.50. The molecule has 0 saturated carbocycles. The van der Waals surface area contributed by atoms with Gasteiger partial charge in [0, 0.05) is 19.9 Å². The predicted molar refractivity (Wildman–Crippen MR) is 67.7 cm³/mol. The van der Waals surface area contributed by atoms with Crippen molar-refractivity contribution in [1.82, 2.24) is 4.98 Å². The van der Waals surface area contributed by atoms with Crippen LogP contribution >= 0.6 is 0 Å². The van der Waals surface area contributed by atoms with Gasteiger partial charge in [-0.05, 0) is 17.5 Å². The number of nitriles is 1. The Morgan fingerprint density at radius 1 is 1.53 bits per heavy atom. The fourth-order valence-electron chi connectivity index (χ4n) is 1.54. The molecule has 1 rings (SSSR count). The third-order valence-electron chi connectivity index (χ3n) is 2.61. The number of anilines is 1. The minimum atomic E-state index is 0.0641. The number of rotatable bonds is 4. The topological polar surface area (TPSA) is 57.9 Å². The first-order valence-corrected chi connectivity index (χ1v) is 5.60.